The number of nitrogens with zero attached hydrogens (tertiary/aromatic N) is 2. The van der Waals surface area contributed by atoms with Crippen LogP contribution in [0.4, 0.5) is 0 Å². The molecule has 6 rings (SSSR count). The first-order valence-corrected chi connectivity index (χ1v) is 11.1. The minimum atomic E-state index is 0. The van der Waals surface area contributed by atoms with Crippen molar-refractivity contribution in [1.82, 2.24) is 9.97 Å². The Morgan fingerprint density at radius 2 is 1.70 bits per heavy atom. The van der Waals surface area contributed by atoms with Crippen LogP contribution in [-0.2, 0) is 20.1 Å². The molecule has 0 bridgehead atoms. The van der Waals surface area contributed by atoms with Gasteiger partial charge >= 0.3 is 0 Å². The number of hydrogen-bond acceptors (Lipinski definition) is 3. The molecule has 0 spiro atoms. The number of rotatable bonds is 2. The second-order valence-corrected chi connectivity index (χ2v) is 8.31. The Hall–Kier alpha value is -3.17. The minimum absolute atomic E-state index is 0. The van der Waals surface area contributed by atoms with Crippen LogP contribution in [-0.4, -0.2) is 9.97 Å². The Morgan fingerprint density at radius 1 is 0.818 bits per heavy atom. The summed E-state index contributed by atoms with van der Waals surface area (Å²) in [4.78, 5) is 8.61. The predicted molar refractivity (Wildman–Crippen MR) is 135 cm³/mol. The first kappa shape index (κ1) is 20.4. The second kappa shape index (κ2) is 10.6. The number of pyridine rings is 2. The average Bonchev–Trinajstić information content (AvgIpc) is 3.26. The van der Waals surface area contributed by atoms with Crippen molar-refractivity contribution in [1.29, 1.82) is 0 Å². The number of fused-ring (bicyclic) bond motifs is 3. The number of thiophene rings is 1. The SMILES string of the molecule is Cc1ccc(-c2[c-]cccc2)nc1.[2H]c1ccnc(-c2[c-]ccc3c2sc2ccccc23)c1[2H].[Ir]. The Labute approximate surface area is 214 Å². The zero-order chi connectivity index (χ0) is 23.5. The summed E-state index contributed by atoms with van der Waals surface area (Å²) in [6.45, 7) is 2.03. The molecule has 0 N–H and O–H groups in total. The van der Waals surface area contributed by atoms with Gasteiger partial charge in [-0.2, -0.15) is 11.3 Å². The van der Waals surface area contributed by atoms with Crippen molar-refractivity contribution >= 4 is 31.5 Å². The Morgan fingerprint density at radius 3 is 2.52 bits per heavy atom. The number of hydrogen-bond donors (Lipinski definition) is 0. The van der Waals surface area contributed by atoms with Crippen LogP contribution in [0.1, 0.15) is 8.30 Å². The Bertz CT molecular complexity index is 1580. The Kier molecular flexibility index (Phi) is 6.58. The molecule has 6 aromatic rings. The van der Waals surface area contributed by atoms with E-state index in [2.05, 4.69) is 40.3 Å². The molecule has 0 aliphatic carbocycles. The molecule has 163 valence electrons. The fourth-order valence-electron chi connectivity index (χ4n) is 3.46. The number of benzene rings is 3. The maximum Gasteiger partial charge on any atom is 0.0616 e. The molecule has 3 aromatic carbocycles. The van der Waals surface area contributed by atoms with Crippen molar-refractivity contribution in [2.24, 2.45) is 0 Å². The first-order valence-electron chi connectivity index (χ1n) is 11.3. The smallest absolute Gasteiger partial charge is 0.0616 e. The summed E-state index contributed by atoms with van der Waals surface area (Å²) in [6.07, 6.45) is 3.45. The molecule has 0 fully saturated rings. The molecular formula is C29H20IrN2S-2. The normalized spacial score (nSPS) is 11.2. The van der Waals surface area contributed by atoms with Gasteiger partial charge in [0.25, 0.3) is 0 Å². The standard InChI is InChI=1S/C17H10NS.C12H10N.Ir/c1-2-10-16-12(6-1)13-7-5-8-14(17(13)19-16)15-9-3-4-11-18-15;1-10-7-8-12(13-9-10)11-5-3-2-4-6-11;/h1-7,9-11H;2-5,7-9H,1H3;/q2*-1;/i3D,9D;;. The summed E-state index contributed by atoms with van der Waals surface area (Å²) in [5.41, 5.74) is 4.54. The summed E-state index contributed by atoms with van der Waals surface area (Å²) in [6, 6.07) is 32.3. The van der Waals surface area contributed by atoms with Crippen molar-refractivity contribution < 1.29 is 22.8 Å². The van der Waals surface area contributed by atoms with Crippen molar-refractivity contribution in [3.8, 4) is 22.5 Å². The zero-order valence-electron chi connectivity index (χ0n) is 19.8. The molecular weight excluding hydrogens is 601 g/mol. The third-order valence-electron chi connectivity index (χ3n) is 5.02. The van der Waals surface area contributed by atoms with E-state index in [9.17, 15) is 0 Å². The van der Waals surface area contributed by atoms with Gasteiger partial charge in [0.2, 0.25) is 0 Å². The van der Waals surface area contributed by atoms with Gasteiger partial charge in [0.15, 0.2) is 0 Å². The van der Waals surface area contributed by atoms with Gasteiger partial charge in [-0.1, -0.05) is 47.8 Å². The van der Waals surface area contributed by atoms with Crippen molar-refractivity contribution in [2.75, 3.05) is 0 Å². The van der Waals surface area contributed by atoms with Gasteiger partial charge in [0.05, 0.1) is 2.74 Å². The van der Waals surface area contributed by atoms with Crippen LogP contribution in [0.2, 0.25) is 0 Å². The van der Waals surface area contributed by atoms with Crippen LogP contribution in [0.3, 0.4) is 0 Å². The van der Waals surface area contributed by atoms with Crippen LogP contribution in [0, 0.1) is 19.1 Å². The summed E-state index contributed by atoms with van der Waals surface area (Å²) in [7, 11) is 0. The van der Waals surface area contributed by atoms with Gasteiger partial charge < -0.3 is 9.97 Å². The molecule has 2 nitrogen and oxygen atoms in total. The summed E-state index contributed by atoms with van der Waals surface area (Å²) in [5.74, 6) is 0. The van der Waals surface area contributed by atoms with E-state index < -0.39 is 0 Å². The molecule has 0 saturated carbocycles. The molecule has 33 heavy (non-hydrogen) atoms. The van der Waals surface area contributed by atoms with Crippen LogP contribution < -0.4 is 0 Å². The van der Waals surface area contributed by atoms with Crippen LogP contribution in [0.25, 0.3) is 42.7 Å². The van der Waals surface area contributed by atoms with E-state index in [1.165, 1.54) is 21.7 Å². The first-order chi connectivity index (χ1) is 16.6. The number of aromatic nitrogens is 2. The maximum absolute atomic E-state index is 8.08. The molecule has 3 aromatic heterocycles. The van der Waals surface area contributed by atoms with Crippen molar-refractivity contribution in [3.05, 3.63) is 121 Å². The van der Waals surface area contributed by atoms with E-state index >= 15 is 0 Å². The topological polar surface area (TPSA) is 25.8 Å². The van der Waals surface area contributed by atoms with Gasteiger partial charge in [-0.15, -0.1) is 59.7 Å². The largest absolute Gasteiger partial charge is 0.305 e. The average molecular weight is 623 g/mol. The molecule has 0 saturated heterocycles. The van der Waals surface area contributed by atoms with Crippen molar-refractivity contribution in [2.45, 2.75) is 6.92 Å². The maximum atomic E-state index is 8.08. The van der Waals surface area contributed by atoms with Gasteiger partial charge in [-0.3, -0.25) is 0 Å². The Balaban J connectivity index is 0.000000179. The molecule has 1 radical (unpaired) electrons. The quantitative estimate of drug-likeness (QED) is 0.185. The van der Waals surface area contributed by atoms with E-state index in [0.29, 0.717) is 5.69 Å². The third kappa shape index (κ3) is 5.09. The van der Waals surface area contributed by atoms with Gasteiger partial charge in [0.1, 0.15) is 0 Å². The summed E-state index contributed by atoms with van der Waals surface area (Å²) in [5, 5.41) is 2.36. The van der Waals surface area contributed by atoms with Crippen LogP contribution in [0.5, 0.6) is 0 Å². The van der Waals surface area contributed by atoms with E-state index in [0.717, 1.165) is 26.9 Å². The molecule has 4 heteroatoms. The molecule has 3 heterocycles. The van der Waals surface area contributed by atoms with Crippen LogP contribution in [0.15, 0.2) is 103 Å². The van der Waals surface area contributed by atoms with E-state index in [4.69, 9.17) is 2.74 Å². The second-order valence-electron chi connectivity index (χ2n) is 7.25. The monoisotopic (exact) mass is 623 g/mol. The van der Waals surface area contributed by atoms with Gasteiger partial charge in [-0.05, 0) is 46.1 Å². The summed E-state index contributed by atoms with van der Waals surface area (Å²) >= 11 is 1.68. The van der Waals surface area contributed by atoms with E-state index in [1.54, 1.807) is 17.5 Å². The van der Waals surface area contributed by atoms with Crippen molar-refractivity contribution in [3.63, 3.8) is 0 Å². The minimum Gasteiger partial charge on any atom is -0.305 e. The molecule has 0 unspecified atom stereocenters. The van der Waals surface area contributed by atoms with Gasteiger partial charge in [0, 0.05) is 37.2 Å². The van der Waals surface area contributed by atoms with Crippen LogP contribution >= 0.6 is 11.3 Å². The van der Waals surface area contributed by atoms with E-state index in [-0.39, 0.29) is 32.2 Å². The molecule has 0 aliphatic heterocycles. The predicted octanol–water partition coefficient (Wildman–Crippen LogP) is 7.77. The number of aryl methyl sites for hydroxylation is 1. The summed E-state index contributed by atoms with van der Waals surface area (Å²) < 4.78 is 18.1. The zero-order valence-corrected chi connectivity index (χ0v) is 21.0. The third-order valence-corrected chi connectivity index (χ3v) is 6.23. The van der Waals surface area contributed by atoms with Gasteiger partial charge in [-0.25, -0.2) is 0 Å². The fourth-order valence-corrected chi connectivity index (χ4v) is 4.66. The van der Waals surface area contributed by atoms with E-state index in [1.807, 2.05) is 67.7 Å². The fraction of sp³-hybridized carbons (Fsp3) is 0.0345. The molecule has 0 amide bonds. The molecule has 0 atom stereocenters. The molecule has 0 aliphatic rings.